The average molecular weight is 553 g/mol. The zero-order valence-electron chi connectivity index (χ0n) is 16.3. The number of sulfonamides is 1. The lowest BCUT2D eigenvalue weighted by molar-refractivity contribution is 0.204. The van der Waals surface area contributed by atoms with Gasteiger partial charge in [0.1, 0.15) is 0 Å². The zero-order chi connectivity index (χ0) is 20.4. The van der Waals surface area contributed by atoms with E-state index in [1.807, 2.05) is 30.3 Å². The van der Waals surface area contributed by atoms with Crippen LogP contribution >= 0.6 is 35.6 Å². The Bertz CT molecular complexity index is 910. The summed E-state index contributed by atoms with van der Waals surface area (Å²) in [4.78, 5) is 4.39. The number of rotatable bonds is 9. The van der Waals surface area contributed by atoms with Crippen LogP contribution in [0.3, 0.4) is 0 Å². The second-order valence-corrected chi connectivity index (χ2v) is 8.15. The molecule has 0 aromatic heterocycles. The van der Waals surface area contributed by atoms with Crippen molar-refractivity contribution in [3.05, 3.63) is 64.7 Å². The third kappa shape index (κ3) is 8.87. The molecule has 0 aliphatic rings. The maximum Gasteiger partial charge on any atom is 0.240 e. The smallest absolute Gasteiger partial charge is 0.240 e. The van der Waals surface area contributed by atoms with Crippen molar-refractivity contribution >= 4 is 51.6 Å². The van der Waals surface area contributed by atoms with Crippen LogP contribution < -0.4 is 15.4 Å². The topological polar surface area (TPSA) is 91.8 Å². The van der Waals surface area contributed by atoms with Gasteiger partial charge in [0.25, 0.3) is 0 Å². The van der Waals surface area contributed by atoms with Crippen LogP contribution in [0.15, 0.2) is 58.4 Å². The Morgan fingerprint density at radius 2 is 1.69 bits per heavy atom. The molecule has 0 radical (unpaired) electrons. The summed E-state index contributed by atoms with van der Waals surface area (Å²) >= 11 is 5.99. The molecular formula is C19H26ClIN4O3S. The summed E-state index contributed by atoms with van der Waals surface area (Å²) in [5.41, 5.74) is 1.85. The highest BCUT2D eigenvalue weighted by Gasteiger charge is 2.13. The van der Waals surface area contributed by atoms with E-state index in [2.05, 4.69) is 20.3 Å². The van der Waals surface area contributed by atoms with Crippen LogP contribution in [0.4, 0.5) is 0 Å². The summed E-state index contributed by atoms with van der Waals surface area (Å²) in [7, 11) is -0.369. The quantitative estimate of drug-likeness (QED) is 0.193. The molecule has 0 saturated heterocycles. The van der Waals surface area contributed by atoms with E-state index in [-0.39, 0.29) is 35.4 Å². The molecule has 3 N–H and O–H groups in total. The van der Waals surface area contributed by atoms with Gasteiger partial charge in [-0.15, -0.1) is 24.0 Å². The van der Waals surface area contributed by atoms with Crippen LogP contribution in [-0.4, -0.2) is 41.7 Å². The summed E-state index contributed by atoms with van der Waals surface area (Å²) in [6, 6.07) is 14.3. The number of aliphatic imine (C=N–C) groups is 1. The van der Waals surface area contributed by atoms with Gasteiger partial charge in [-0.2, -0.15) is 0 Å². The van der Waals surface area contributed by atoms with Crippen LogP contribution in [0.2, 0.25) is 5.02 Å². The fourth-order valence-corrected chi connectivity index (χ4v) is 3.72. The Kier molecular flexibility index (Phi) is 11.5. The molecule has 0 aliphatic heterocycles. The molecule has 0 saturated carbocycles. The van der Waals surface area contributed by atoms with Gasteiger partial charge < -0.3 is 15.4 Å². The third-order valence-corrected chi connectivity index (χ3v) is 5.53. The number of halogens is 2. The number of hydrogen-bond donors (Lipinski definition) is 3. The highest BCUT2D eigenvalue weighted by molar-refractivity contribution is 14.0. The first-order valence-corrected chi connectivity index (χ1v) is 10.6. The Morgan fingerprint density at radius 3 is 2.28 bits per heavy atom. The Labute approximate surface area is 194 Å². The molecule has 0 amide bonds. The molecule has 0 spiro atoms. The molecule has 0 fully saturated rings. The standard InChI is InChI=1S/C19H25ClN4O3S.HI/c1-21-19(22-13-15-5-3-7-17(20)11-15)23-14-16-6-4-8-18(12-16)28(25,26)24-9-10-27-2;/h3-8,11-12,24H,9-10,13-14H2,1-2H3,(H2,21,22,23);1H. The molecule has 0 unspecified atom stereocenters. The maximum absolute atomic E-state index is 12.3. The van der Waals surface area contributed by atoms with Crippen molar-refractivity contribution in [2.24, 2.45) is 4.99 Å². The number of methoxy groups -OCH3 is 1. The molecule has 0 heterocycles. The molecule has 0 atom stereocenters. The lowest BCUT2D eigenvalue weighted by Crippen LogP contribution is -2.36. The first-order valence-electron chi connectivity index (χ1n) is 8.71. The predicted octanol–water partition coefficient (Wildman–Crippen LogP) is 2.75. The van der Waals surface area contributed by atoms with Crippen LogP contribution in [0, 0.1) is 0 Å². The number of ether oxygens (including phenoxy) is 1. The fourth-order valence-electron chi connectivity index (χ4n) is 2.42. The Hall–Kier alpha value is -1.40. The highest BCUT2D eigenvalue weighted by atomic mass is 127. The van der Waals surface area contributed by atoms with Gasteiger partial charge in [0.15, 0.2) is 5.96 Å². The molecule has 2 aromatic carbocycles. The first kappa shape index (κ1) is 25.6. The van der Waals surface area contributed by atoms with Crippen molar-refractivity contribution in [1.82, 2.24) is 15.4 Å². The second kappa shape index (κ2) is 13.0. The Morgan fingerprint density at radius 1 is 1.07 bits per heavy atom. The number of guanidine groups is 1. The van der Waals surface area contributed by atoms with Crippen molar-refractivity contribution in [2.45, 2.75) is 18.0 Å². The summed E-state index contributed by atoms with van der Waals surface area (Å²) in [6.45, 7) is 1.53. The van der Waals surface area contributed by atoms with E-state index in [0.29, 0.717) is 30.7 Å². The molecule has 0 bridgehead atoms. The molecule has 160 valence electrons. The molecule has 0 aliphatic carbocycles. The van der Waals surface area contributed by atoms with Gasteiger partial charge in [-0.25, -0.2) is 13.1 Å². The molecule has 29 heavy (non-hydrogen) atoms. The van der Waals surface area contributed by atoms with Crippen molar-refractivity contribution in [1.29, 1.82) is 0 Å². The second-order valence-electron chi connectivity index (χ2n) is 5.95. The normalized spacial score (nSPS) is 11.6. The molecule has 7 nitrogen and oxygen atoms in total. The molecular weight excluding hydrogens is 527 g/mol. The van der Waals surface area contributed by atoms with Gasteiger partial charge in [-0.05, 0) is 35.4 Å². The zero-order valence-corrected chi connectivity index (χ0v) is 20.2. The number of nitrogens with zero attached hydrogens (tertiary/aromatic N) is 1. The van der Waals surface area contributed by atoms with Crippen molar-refractivity contribution in [3.63, 3.8) is 0 Å². The van der Waals surface area contributed by atoms with Crippen molar-refractivity contribution < 1.29 is 13.2 Å². The molecule has 2 aromatic rings. The minimum atomic E-state index is -3.57. The minimum absolute atomic E-state index is 0. The van der Waals surface area contributed by atoms with E-state index < -0.39 is 10.0 Å². The van der Waals surface area contributed by atoms with E-state index in [0.717, 1.165) is 11.1 Å². The number of nitrogens with one attached hydrogen (secondary N) is 3. The van der Waals surface area contributed by atoms with E-state index in [9.17, 15) is 8.42 Å². The van der Waals surface area contributed by atoms with Crippen LogP contribution in [0.25, 0.3) is 0 Å². The van der Waals surface area contributed by atoms with Gasteiger partial charge in [0.2, 0.25) is 10.0 Å². The van der Waals surface area contributed by atoms with Gasteiger partial charge >= 0.3 is 0 Å². The van der Waals surface area contributed by atoms with Gasteiger partial charge in [0, 0.05) is 38.8 Å². The predicted molar refractivity (Wildman–Crippen MR) is 127 cm³/mol. The van der Waals surface area contributed by atoms with E-state index in [1.54, 1.807) is 25.2 Å². The minimum Gasteiger partial charge on any atom is -0.383 e. The summed E-state index contributed by atoms with van der Waals surface area (Å²) in [5.74, 6) is 0.603. The Balaban J connectivity index is 0.00000420. The SMILES string of the molecule is CN=C(NCc1cccc(Cl)c1)NCc1cccc(S(=O)(=O)NCCOC)c1.I. The largest absolute Gasteiger partial charge is 0.383 e. The van der Waals surface area contributed by atoms with Crippen molar-refractivity contribution in [3.8, 4) is 0 Å². The molecule has 2 rings (SSSR count). The fraction of sp³-hybridized carbons (Fsp3) is 0.316. The van der Waals surface area contributed by atoms with Crippen LogP contribution in [0.1, 0.15) is 11.1 Å². The van der Waals surface area contributed by atoms with E-state index >= 15 is 0 Å². The average Bonchev–Trinajstić information content (AvgIpc) is 2.68. The highest BCUT2D eigenvalue weighted by Crippen LogP contribution is 2.12. The van der Waals surface area contributed by atoms with Gasteiger partial charge in [-0.3, -0.25) is 4.99 Å². The van der Waals surface area contributed by atoms with Gasteiger partial charge in [-0.1, -0.05) is 35.9 Å². The number of hydrogen-bond acceptors (Lipinski definition) is 4. The first-order chi connectivity index (χ1) is 13.4. The van der Waals surface area contributed by atoms with Crippen LogP contribution in [0.5, 0.6) is 0 Å². The maximum atomic E-state index is 12.3. The lowest BCUT2D eigenvalue weighted by atomic mass is 10.2. The van der Waals surface area contributed by atoms with E-state index in [1.165, 1.54) is 7.11 Å². The monoisotopic (exact) mass is 552 g/mol. The molecule has 10 heteroatoms. The number of benzene rings is 2. The lowest BCUT2D eigenvalue weighted by Gasteiger charge is -2.13. The summed E-state index contributed by atoms with van der Waals surface area (Å²) in [5, 5.41) is 7.05. The van der Waals surface area contributed by atoms with Crippen molar-refractivity contribution in [2.75, 3.05) is 27.3 Å². The summed E-state index contributed by atoms with van der Waals surface area (Å²) in [6.07, 6.45) is 0. The van der Waals surface area contributed by atoms with Crippen LogP contribution in [-0.2, 0) is 27.8 Å². The van der Waals surface area contributed by atoms with E-state index in [4.69, 9.17) is 16.3 Å². The summed E-state index contributed by atoms with van der Waals surface area (Å²) < 4.78 is 32.0. The third-order valence-electron chi connectivity index (χ3n) is 3.84. The van der Waals surface area contributed by atoms with Gasteiger partial charge in [0.05, 0.1) is 11.5 Å².